The summed E-state index contributed by atoms with van der Waals surface area (Å²) in [6, 6.07) is 3.59. The van der Waals surface area contributed by atoms with E-state index in [1.54, 1.807) is 12.1 Å². The monoisotopic (exact) mass is 478 g/mol. The second-order valence-corrected chi connectivity index (χ2v) is 12.8. The van der Waals surface area contributed by atoms with Crippen LogP contribution in [0.3, 0.4) is 0 Å². The third-order valence-corrected chi connectivity index (χ3v) is 11.2. The maximum absolute atomic E-state index is 13.0. The number of piperidine rings is 1. The van der Waals surface area contributed by atoms with Crippen LogP contribution >= 0.6 is 0 Å². The molecule has 5 aliphatic rings. The molecule has 7 nitrogen and oxygen atoms in total. The average Bonchev–Trinajstić information content (AvgIpc) is 3.51. The highest BCUT2D eigenvalue weighted by atomic mass is 16.2. The smallest absolute Gasteiger partial charge is 0.250 e. The summed E-state index contributed by atoms with van der Waals surface area (Å²) in [5.74, 6) is 2.63. The second-order valence-electron chi connectivity index (χ2n) is 12.8. The first-order chi connectivity index (χ1) is 16.6. The summed E-state index contributed by atoms with van der Waals surface area (Å²) in [5.41, 5.74) is 6.35. The lowest BCUT2D eigenvalue weighted by Gasteiger charge is -2.63. The minimum Gasteiger partial charge on any atom is -0.366 e. The lowest BCUT2D eigenvalue weighted by atomic mass is 9.44. The van der Waals surface area contributed by atoms with Crippen molar-refractivity contribution in [2.24, 2.45) is 45.7 Å². The van der Waals surface area contributed by atoms with E-state index in [1.807, 2.05) is 0 Å². The van der Waals surface area contributed by atoms with Crippen molar-refractivity contribution < 1.29 is 14.4 Å². The van der Waals surface area contributed by atoms with Crippen molar-refractivity contribution >= 4 is 23.5 Å². The molecular formula is C28H38N4O3. The molecule has 0 radical (unpaired) electrons. The summed E-state index contributed by atoms with van der Waals surface area (Å²) in [7, 11) is 0. The topological polar surface area (TPSA) is 114 Å². The number of primary amides is 1. The lowest BCUT2D eigenvalue weighted by molar-refractivity contribution is -0.147. The lowest BCUT2D eigenvalue weighted by Crippen LogP contribution is -2.65. The fourth-order valence-corrected chi connectivity index (χ4v) is 9.28. The van der Waals surface area contributed by atoms with E-state index in [0.29, 0.717) is 59.4 Å². The number of hydrogen-bond donors (Lipinski definition) is 3. The number of fused-ring (bicyclic) bond motifs is 6. The summed E-state index contributed by atoms with van der Waals surface area (Å²) in [6.45, 7) is 4.93. The first kappa shape index (κ1) is 23.0. The van der Waals surface area contributed by atoms with Gasteiger partial charge in [-0.15, -0.1) is 0 Å². The van der Waals surface area contributed by atoms with Crippen LogP contribution in [0.4, 0.5) is 5.82 Å². The minimum atomic E-state index is -0.526. The molecule has 4 saturated carbocycles. The van der Waals surface area contributed by atoms with Gasteiger partial charge in [0.25, 0.3) is 0 Å². The Hall–Kier alpha value is -2.44. The number of carbonyl (C=O) groups excluding carboxylic acids is 3. The van der Waals surface area contributed by atoms with Gasteiger partial charge in [0.2, 0.25) is 17.7 Å². The standard InChI is InChI=1S/C28H38N4O3/c1-26-9-7-20-18(14-28(11-12-28)25-27(20,2)10-8-22(33)32-25)19(26)5-4-17(26)13-23(34)31-21-6-3-16(15-30-21)24(29)35/h3,6,15,17-20,25H,4-5,7-14H2,1-2H3,(H2,29,35)(H,32,33)(H,30,31,34)/t17-,18?,19+,20?,25?,26-,27-/m1/s1. The first-order valence-corrected chi connectivity index (χ1v) is 13.5. The fourth-order valence-electron chi connectivity index (χ4n) is 9.28. The van der Waals surface area contributed by atoms with Crippen LogP contribution in [0.5, 0.6) is 0 Å². The van der Waals surface area contributed by atoms with Gasteiger partial charge in [0.1, 0.15) is 5.82 Å². The molecule has 1 saturated heterocycles. The van der Waals surface area contributed by atoms with Crippen molar-refractivity contribution in [3.63, 3.8) is 0 Å². The first-order valence-electron chi connectivity index (χ1n) is 13.5. The van der Waals surface area contributed by atoms with Gasteiger partial charge in [0.15, 0.2) is 0 Å². The van der Waals surface area contributed by atoms with Gasteiger partial charge >= 0.3 is 0 Å². The van der Waals surface area contributed by atoms with Crippen LogP contribution < -0.4 is 16.4 Å². The molecular weight excluding hydrogens is 440 g/mol. The number of pyridine rings is 1. The number of amides is 3. The van der Waals surface area contributed by atoms with Gasteiger partial charge in [0.05, 0.1) is 5.56 Å². The van der Waals surface area contributed by atoms with E-state index >= 15 is 0 Å². The Morgan fingerprint density at radius 2 is 1.86 bits per heavy atom. The molecule has 5 fully saturated rings. The molecule has 3 amide bonds. The van der Waals surface area contributed by atoms with Crippen LogP contribution in [0.15, 0.2) is 18.3 Å². The van der Waals surface area contributed by atoms with Gasteiger partial charge in [-0.25, -0.2) is 4.98 Å². The molecule has 1 aromatic rings. The van der Waals surface area contributed by atoms with E-state index in [-0.39, 0.29) is 22.6 Å². The fraction of sp³-hybridized carbons (Fsp3) is 0.714. The van der Waals surface area contributed by atoms with Gasteiger partial charge in [-0.05, 0) is 103 Å². The van der Waals surface area contributed by atoms with Crippen molar-refractivity contribution in [3.8, 4) is 0 Å². The zero-order valence-corrected chi connectivity index (χ0v) is 20.9. The molecule has 188 valence electrons. The van der Waals surface area contributed by atoms with E-state index in [0.717, 1.165) is 12.8 Å². The van der Waals surface area contributed by atoms with Gasteiger partial charge in [-0.3, -0.25) is 14.4 Å². The minimum absolute atomic E-state index is 0.00245. The maximum Gasteiger partial charge on any atom is 0.250 e. The van der Waals surface area contributed by atoms with Crippen molar-refractivity contribution in [2.45, 2.75) is 84.1 Å². The molecule has 0 bridgehead atoms. The molecule has 4 aliphatic carbocycles. The number of hydrogen-bond acceptors (Lipinski definition) is 4. The SMILES string of the molecule is C[C@]12CCC(=O)NC1C1(CC1)CC1C2CC[C@]2(C)[C@@H](CC(=O)Nc3ccc(C(N)=O)cn3)CC[C@@H]12. The van der Waals surface area contributed by atoms with Gasteiger partial charge in [-0.1, -0.05) is 13.8 Å². The highest BCUT2D eigenvalue weighted by Crippen LogP contribution is 2.72. The maximum atomic E-state index is 13.0. The van der Waals surface area contributed by atoms with Crippen molar-refractivity contribution in [2.75, 3.05) is 5.32 Å². The van der Waals surface area contributed by atoms with Crippen LogP contribution in [0.2, 0.25) is 0 Å². The van der Waals surface area contributed by atoms with E-state index < -0.39 is 5.91 Å². The molecule has 3 unspecified atom stereocenters. The molecule has 0 aromatic carbocycles. The molecule has 7 atom stereocenters. The highest BCUT2D eigenvalue weighted by molar-refractivity contribution is 5.93. The van der Waals surface area contributed by atoms with E-state index in [4.69, 9.17) is 5.73 Å². The van der Waals surface area contributed by atoms with Crippen LogP contribution in [0.25, 0.3) is 0 Å². The largest absolute Gasteiger partial charge is 0.366 e. The third kappa shape index (κ3) is 3.52. The Morgan fingerprint density at radius 1 is 1.09 bits per heavy atom. The molecule has 7 heteroatoms. The predicted molar refractivity (Wildman–Crippen MR) is 132 cm³/mol. The third-order valence-electron chi connectivity index (χ3n) is 11.2. The van der Waals surface area contributed by atoms with Gasteiger partial charge in [0, 0.05) is 25.1 Å². The van der Waals surface area contributed by atoms with Crippen molar-refractivity contribution in [3.05, 3.63) is 23.9 Å². The number of rotatable bonds is 4. The number of anilines is 1. The Balaban J connectivity index is 1.17. The summed E-state index contributed by atoms with van der Waals surface area (Å²) in [6.07, 6.45) is 12.1. The number of nitrogens with one attached hydrogen (secondary N) is 2. The zero-order valence-electron chi connectivity index (χ0n) is 20.9. The number of carbonyl (C=O) groups is 3. The zero-order chi connectivity index (χ0) is 24.6. The Kier molecular flexibility index (Phi) is 5.11. The molecule has 1 aromatic heterocycles. The van der Waals surface area contributed by atoms with Crippen LogP contribution in [-0.2, 0) is 9.59 Å². The van der Waals surface area contributed by atoms with E-state index in [2.05, 4.69) is 29.5 Å². The molecule has 4 N–H and O–H groups in total. The molecule has 1 aliphatic heterocycles. The number of nitrogens with zero attached hydrogens (tertiary/aromatic N) is 1. The second kappa shape index (κ2) is 7.78. The van der Waals surface area contributed by atoms with Crippen LogP contribution in [0.1, 0.15) is 88.4 Å². The summed E-state index contributed by atoms with van der Waals surface area (Å²) in [4.78, 5) is 40.8. The normalized spacial score (nSPS) is 40.7. The molecule has 1 spiro atoms. The Labute approximate surface area is 207 Å². The van der Waals surface area contributed by atoms with Crippen LogP contribution in [-0.4, -0.2) is 28.7 Å². The quantitative estimate of drug-likeness (QED) is 0.606. The average molecular weight is 479 g/mol. The van der Waals surface area contributed by atoms with Crippen LogP contribution in [0, 0.1) is 39.9 Å². The van der Waals surface area contributed by atoms with Gasteiger partial charge in [-0.2, -0.15) is 0 Å². The Bertz CT molecular complexity index is 1070. The summed E-state index contributed by atoms with van der Waals surface area (Å²) < 4.78 is 0. The highest BCUT2D eigenvalue weighted by Gasteiger charge is 2.68. The number of aromatic nitrogens is 1. The summed E-state index contributed by atoms with van der Waals surface area (Å²) >= 11 is 0. The molecule has 6 rings (SSSR count). The Morgan fingerprint density at radius 3 is 2.54 bits per heavy atom. The van der Waals surface area contributed by atoms with E-state index in [9.17, 15) is 14.4 Å². The number of nitrogens with two attached hydrogens (primary N) is 1. The summed E-state index contributed by atoms with van der Waals surface area (Å²) in [5, 5.41) is 6.39. The molecule has 2 heterocycles. The van der Waals surface area contributed by atoms with Crippen molar-refractivity contribution in [1.29, 1.82) is 0 Å². The van der Waals surface area contributed by atoms with Crippen molar-refractivity contribution in [1.82, 2.24) is 10.3 Å². The predicted octanol–water partition coefficient (Wildman–Crippen LogP) is 4.04. The molecule has 35 heavy (non-hydrogen) atoms. The van der Waals surface area contributed by atoms with Gasteiger partial charge < -0.3 is 16.4 Å². The van der Waals surface area contributed by atoms with E-state index in [1.165, 1.54) is 44.7 Å².